The van der Waals surface area contributed by atoms with Gasteiger partial charge in [0.2, 0.25) is 11.8 Å². The Morgan fingerprint density at radius 3 is 2.20 bits per heavy atom. The summed E-state index contributed by atoms with van der Waals surface area (Å²) in [5.74, 6) is -1.80. The lowest BCUT2D eigenvalue weighted by atomic mass is 10.2. The Labute approximate surface area is 88.0 Å². The quantitative estimate of drug-likeness (QED) is 0.565. The van der Waals surface area contributed by atoms with Crippen LogP contribution in [0.5, 0.6) is 0 Å². The highest BCUT2D eigenvalue weighted by Crippen LogP contribution is 1.94. The summed E-state index contributed by atoms with van der Waals surface area (Å²) >= 11 is 0. The number of rotatable bonds is 5. The molecule has 0 saturated carbocycles. The van der Waals surface area contributed by atoms with Crippen molar-refractivity contribution in [3.05, 3.63) is 0 Å². The second-order valence-corrected chi connectivity index (χ2v) is 3.44. The van der Waals surface area contributed by atoms with Crippen molar-refractivity contribution < 1.29 is 19.5 Å². The Bertz CT molecular complexity index is 250. The van der Waals surface area contributed by atoms with Crippen molar-refractivity contribution in [2.24, 2.45) is 5.92 Å². The van der Waals surface area contributed by atoms with Gasteiger partial charge in [0.25, 0.3) is 0 Å². The molecule has 0 rings (SSSR count). The molecular weight excluding hydrogens is 200 g/mol. The molecule has 0 aromatic carbocycles. The van der Waals surface area contributed by atoms with E-state index in [9.17, 15) is 14.4 Å². The van der Waals surface area contributed by atoms with E-state index in [1.54, 1.807) is 13.8 Å². The minimum Gasteiger partial charge on any atom is -0.481 e. The smallest absolute Gasteiger partial charge is 0.303 e. The summed E-state index contributed by atoms with van der Waals surface area (Å²) in [6, 6.07) is 0. The Kier molecular flexibility index (Phi) is 6.08. The lowest BCUT2D eigenvalue weighted by molar-refractivity contribution is -0.137. The van der Waals surface area contributed by atoms with Gasteiger partial charge in [-0.25, -0.2) is 0 Å². The number of aliphatic carboxylic acids is 1. The van der Waals surface area contributed by atoms with Crippen molar-refractivity contribution in [2.75, 3.05) is 0 Å². The van der Waals surface area contributed by atoms with Crippen LogP contribution >= 0.6 is 0 Å². The van der Waals surface area contributed by atoms with E-state index in [2.05, 4.69) is 10.9 Å². The maximum absolute atomic E-state index is 11.0. The van der Waals surface area contributed by atoms with Gasteiger partial charge in [-0.2, -0.15) is 0 Å². The largest absolute Gasteiger partial charge is 0.481 e. The first kappa shape index (κ1) is 13.4. The third kappa shape index (κ3) is 7.48. The zero-order chi connectivity index (χ0) is 11.8. The Morgan fingerprint density at radius 1 is 1.13 bits per heavy atom. The average Bonchev–Trinajstić information content (AvgIpc) is 2.13. The molecule has 0 atom stereocenters. The third-order valence-electron chi connectivity index (χ3n) is 1.64. The van der Waals surface area contributed by atoms with Gasteiger partial charge in [-0.15, -0.1) is 0 Å². The first-order chi connectivity index (χ1) is 6.93. The fourth-order valence-corrected chi connectivity index (χ4v) is 0.738. The number of hydrogen-bond acceptors (Lipinski definition) is 3. The number of carbonyl (C=O) groups excluding carboxylic acids is 2. The molecule has 2 amide bonds. The fourth-order valence-electron chi connectivity index (χ4n) is 0.738. The van der Waals surface area contributed by atoms with Crippen molar-refractivity contribution in [3.8, 4) is 0 Å². The van der Waals surface area contributed by atoms with Crippen molar-refractivity contribution in [2.45, 2.75) is 33.1 Å². The number of nitrogens with one attached hydrogen (secondary N) is 2. The van der Waals surface area contributed by atoms with Gasteiger partial charge in [0.15, 0.2) is 0 Å². The highest BCUT2D eigenvalue weighted by atomic mass is 16.4. The third-order valence-corrected chi connectivity index (χ3v) is 1.64. The van der Waals surface area contributed by atoms with Gasteiger partial charge < -0.3 is 5.11 Å². The molecule has 0 spiro atoms. The molecule has 0 saturated heterocycles. The summed E-state index contributed by atoms with van der Waals surface area (Å²) in [6.45, 7) is 3.40. The number of carboxylic acids is 1. The number of hydrogen-bond donors (Lipinski definition) is 3. The molecular formula is C9H16N2O4. The molecule has 15 heavy (non-hydrogen) atoms. The van der Waals surface area contributed by atoms with Gasteiger partial charge in [0.1, 0.15) is 0 Å². The predicted molar refractivity (Wildman–Crippen MR) is 52.6 cm³/mol. The van der Waals surface area contributed by atoms with Gasteiger partial charge in [-0.3, -0.25) is 25.2 Å². The number of amides is 2. The summed E-state index contributed by atoms with van der Waals surface area (Å²) in [5.41, 5.74) is 4.44. The molecule has 0 heterocycles. The molecule has 0 fully saturated rings. The van der Waals surface area contributed by atoms with Crippen LogP contribution in [0.1, 0.15) is 33.1 Å². The van der Waals surface area contributed by atoms with E-state index >= 15 is 0 Å². The zero-order valence-electron chi connectivity index (χ0n) is 8.87. The van der Waals surface area contributed by atoms with E-state index < -0.39 is 5.97 Å². The first-order valence-corrected chi connectivity index (χ1v) is 4.74. The van der Waals surface area contributed by atoms with Crippen LogP contribution in [0.4, 0.5) is 0 Å². The molecule has 0 aromatic heterocycles. The van der Waals surface area contributed by atoms with Crippen molar-refractivity contribution >= 4 is 17.8 Å². The van der Waals surface area contributed by atoms with E-state index in [0.717, 1.165) is 0 Å². The molecule has 86 valence electrons. The topological polar surface area (TPSA) is 95.5 Å². The molecule has 3 N–H and O–H groups in total. The van der Waals surface area contributed by atoms with E-state index in [1.165, 1.54) is 0 Å². The first-order valence-electron chi connectivity index (χ1n) is 4.74. The van der Waals surface area contributed by atoms with Gasteiger partial charge in [-0.05, 0) is 6.42 Å². The predicted octanol–water partition coefficient (Wildman–Crippen LogP) is 0.0447. The lowest BCUT2D eigenvalue weighted by Gasteiger charge is -2.08. The Balaban J connectivity index is 3.58. The van der Waals surface area contributed by atoms with Crippen LogP contribution in [0.15, 0.2) is 0 Å². The number of carboxylic acid groups (broad SMARTS) is 1. The van der Waals surface area contributed by atoms with E-state index in [0.29, 0.717) is 0 Å². The number of hydrazine groups is 1. The summed E-state index contributed by atoms with van der Waals surface area (Å²) in [5, 5.41) is 8.32. The summed E-state index contributed by atoms with van der Waals surface area (Å²) < 4.78 is 0. The SMILES string of the molecule is CC(C)C(=O)NNC(=O)CCCC(=O)O. The van der Waals surface area contributed by atoms with Gasteiger partial charge in [0, 0.05) is 18.8 Å². The molecule has 0 aliphatic rings. The van der Waals surface area contributed by atoms with Crippen LogP contribution < -0.4 is 10.9 Å². The second-order valence-electron chi connectivity index (χ2n) is 3.44. The van der Waals surface area contributed by atoms with Gasteiger partial charge in [0.05, 0.1) is 0 Å². The standard InChI is InChI=1S/C9H16N2O4/c1-6(2)9(15)11-10-7(12)4-3-5-8(13)14/h6H,3-5H2,1-2H3,(H,10,12)(H,11,15)(H,13,14). The number of carbonyl (C=O) groups is 3. The van der Waals surface area contributed by atoms with Crippen molar-refractivity contribution in [1.29, 1.82) is 0 Å². The van der Waals surface area contributed by atoms with Gasteiger partial charge in [-0.1, -0.05) is 13.8 Å². The normalized spacial score (nSPS) is 9.80. The minimum atomic E-state index is -0.936. The summed E-state index contributed by atoms with van der Waals surface area (Å²) in [6.07, 6.45) is 0.301. The second kappa shape index (κ2) is 6.80. The molecule has 0 aliphatic heterocycles. The summed E-state index contributed by atoms with van der Waals surface area (Å²) in [7, 11) is 0. The molecule has 0 unspecified atom stereocenters. The zero-order valence-corrected chi connectivity index (χ0v) is 8.87. The van der Waals surface area contributed by atoms with E-state index in [-0.39, 0.29) is 37.0 Å². The Hall–Kier alpha value is -1.59. The maximum Gasteiger partial charge on any atom is 0.303 e. The van der Waals surface area contributed by atoms with Crippen molar-refractivity contribution in [3.63, 3.8) is 0 Å². The molecule has 0 bridgehead atoms. The van der Waals surface area contributed by atoms with E-state index in [4.69, 9.17) is 5.11 Å². The van der Waals surface area contributed by atoms with Crippen molar-refractivity contribution in [1.82, 2.24) is 10.9 Å². The molecule has 0 radical (unpaired) electrons. The lowest BCUT2D eigenvalue weighted by Crippen LogP contribution is -2.43. The fraction of sp³-hybridized carbons (Fsp3) is 0.667. The highest BCUT2D eigenvalue weighted by Gasteiger charge is 2.08. The molecule has 0 aliphatic carbocycles. The van der Waals surface area contributed by atoms with Crippen LogP contribution in [0, 0.1) is 5.92 Å². The van der Waals surface area contributed by atoms with Crippen LogP contribution in [-0.2, 0) is 14.4 Å². The minimum absolute atomic E-state index is 0.0501. The molecule has 6 heteroatoms. The van der Waals surface area contributed by atoms with E-state index in [1.807, 2.05) is 0 Å². The monoisotopic (exact) mass is 216 g/mol. The Morgan fingerprint density at radius 2 is 1.73 bits per heavy atom. The highest BCUT2D eigenvalue weighted by molar-refractivity contribution is 5.83. The maximum atomic E-state index is 11.0. The molecule has 6 nitrogen and oxygen atoms in total. The van der Waals surface area contributed by atoms with Crippen LogP contribution in [0.25, 0.3) is 0 Å². The van der Waals surface area contributed by atoms with Gasteiger partial charge >= 0.3 is 5.97 Å². The summed E-state index contributed by atoms with van der Waals surface area (Å²) in [4.78, 5) is 32.2. The van der Waals surface area contributed by atoms with Crippen LogP contribution in [0.3, 0.4) is 0 Å². The average molecular weight is 216 g/mol. The van der Waals surface area contributed by atoms with Crippen LogP contribution in [0.2, 0.25) is 0 Å². The van der Waals surface area contributed by atoms with Crippen LogP contribution in [-0.4, -0.2) is 22.9 Å². The molecule has 0 aromatic rings.